The van der Waals surface area contributed by atoms with Crippen molar-refractivity contribution in [3.8, 4) is 0 Å². The maximum absolute atomic E-state index is 11.8. The Labute approximate surface area is 95.7 Å². The van der Waals surface area contributed by atoms with Gasteiger partial charge in [0.1, 0.15) is 0 Å². The molecule has 16 heavy (non-hydrogen) atoms. The Bertz CT molecular complexity index is 330. The number of nitrogens with one attached hydrogen (secondary N) is 1. The van der Waals surface area contributed by atoms with E-state index in [1.54, 1.807) is 13.8 Å². The molecule has 4 heteroatoms. The van der Waals surface area contributed by atoms with Crippen molar-refractivity contribution in [1.29, 1.82) is 0 Å². The van der Waals surface area contributed by atoms with Crippen LogP contribution in [-0.4, -0.2) is 36.3 Å². The molecule has 0 spiro atoms. The van der Waals surface area contributed by atoms with Gasteiger partial charge in [-0.15, -0.1) is 0 Å². The summed E-state index contributed by atoms with van der Waals surface area (Å²) in [6.07, 6.45) is 2.10. The zero-order chi connectivity index (χ0) is 11.7. The molecule has 0 aromatic heterocycles. The number of hydrogen-bond acceptors (Lipinski definition) is 3. The van der Waals surface area contributed by atoms with Crippen LogP contribution in [0.2, 0.25) is 0 Å². The Morgan fingerprint density at radius 1 is 1.12 bits per heavy atom. The molecular weight excluding hydrogens is 204 g/mol. The van der Waals surface area contributed by atoms with Gasteiger partial charge in [-0.25, -0.2) is 0 Å². The summed E-state index contributed by atoms with van der Waals surface area (Å²) in [5.41, 5.74) is 1.22. The van der Waals surface area contributed by atoms with Crippen molar-refractivity contribution in [2.75, 3.05) is 19.6 Å². The SMILES string of the molecule is CC1=C(C)C(=O)N(CC2CCNCC2)C1=O. The van der Waals surface area contributed by atoms with E-state index >= 15 is 0 Å². The van der Waals surface area contributed by atoms with Crippen LogP contribution in [0.1, 0.15) is 26.7 Å². The van der Waals surface area contributed by atoms with Crippen LogP contribution >= 0.6 is 0 Å². The fourth-order valence-electron chi connectivity index (χ4n) is 2.31. The summed E-state index contributed by atoms with van der Waals surface area (Å²) in [7, 11) is 0. The molecule has 1 fully saturated rings. The summed E-state index contributed by atoms with van der Waals surface area (Å²) in [6.45, 7) is 6.04. The molecule has 2 rings (SSSR count). The smallest absolute Gasteiger partial charge is 0.256 e. The van der Waals surface area contributed by atoms with Crippen molar-refractivity contribution in [3.63, 3.8) is 0 Å². The van der Waals surface area contributed by atoms with Gasteiger partial charge in [0.2, 0.25) is 0 Å². The van der Waals surface area contributed by atoms with E-state index in [0.717, 1.165) is 25.9 Å². The van der Waals surface area contributed by atoms with Crippen molar-refractivity contribution >= 4 is 11.8 Å². The Balaban J connectivity index is 2.01. The average Bonchev–Trinajstić information content (AvgIpc) is 2.48. The van der Waals surface area contributed by atoms with Crippen LogP contribution in [0.5, 0.6) is 0 Å². The van der Waals surface area contributed by atoms with Crippen LogP contribution in [0.3, 0.4) is 0 Å². The molecule has 4 nitrogen and oxygen atoms in total. The Kier molecular flexibility index (Phi) is 3.10. The topological polar surface area (TPSA) is 49.4 Å². The van der Waals surface area contributed by atoms with E-state index in [9.17, 15) is 9.59 Å². The number of rotatable bonds is 2. The Morgan fingerprint density at radius 3 is 2.12 bits per heavy atom. The van der Waals surface area contributed by atoms with Crippen LogP contribution < -0.4 is 5.32 Å². The quantitative estimate of drug-likeness (QED) is 0.699. The predicted octanol–water partition coefficient (Wildman–Crippen LogP) is 0.691. The maximum atomic E-state index is 11.8. The molecule has 2 heterocycles. The number of piperidine rings is 1. The van der Waals surface area contributed by atoms with E-state index in [4.69, 9.17) is 0 Å². The Hall–Kier alpha value is -1.16. The molecule has 2 aliphatic rings. The summed E-state index contributed by atoms with van der Waals surface area (Å²) in [4.78, 5) is 25.1. The molecule has 0 atom stereocenters. The third-order valence-corrected chi connectivity index (χ3v) is 3.59. The second-order valence-electron chi connectivity index (χ2n) is 4.66. The second-order valence-corrected chi connectivity index (χ2v) is 4.66. The van der Waals surface area contributed by atoms with Gasteiger partial charge in [-0.1, -0.05) is 0 Å². The van der Waals surface area contributed by atoms with Crippen molar-refractivity contribution < 1.29 is 9.59 Å². The summed E-state index contributed by atoms with van der Waals surface area (Å²) in [6, 6.07) is 0. The van der Waals surface area contributed by atoms with Crippen LogP contribution in [0.25, 0.3) is 0 Å². The first-order valence-corrected chi connectivity index (χ1v) is 5.85. The number of amides is 2. The van der Waals surface area contributed by atoms with Gasteiger partial charge in [0.15, 0.2) is 0 Å². The molecule has 0 aromatic carbocycles. The first-order chi connectivity index (χ1) is 7.61. The zero-order valence-electron chi connectivity index (χ0n) is 9.88. The van der Waals surface area contributed by atoms with Gasteiger partial charge in [0.25, 0.3) is 11.8 Å². The monoisotopic (exact) mass is 222 g/mol. The van der Waals surface area contributed by atoms with E-state index in [-0.39, 0.29) is 11.8 Å². The largest absolute Gasteiger partial charge is 0.317 e. The first-order valence-electron chi connectivity index (χ1n) is 5.85. The molecule has 0 bridgehead atoms. The lowest BCUT2D eigenvalue weighted by molar-refractivity contribution is -0.138. The summed E-state index contributed by atoms with van der Waals surface area (Å²) >= 11 is 0. The van der Waals surface area contributed by atoms with Crippen molar-refractivity contribution in [2.45, 2.75) is 26.7 Å². The summed E-state index contributed by atoms with van der Waals surface area (Å²) in [5, 5.41) is 3.28. The van der Waals surface area contributed by atoms with Gasteiger partial charge in [0.05, 0.1) is 0 Å². The summed E-state index contributed by atoms with van der Waals surface area (Å²) < 4.78 is 0. The number of nitrogens with zero attached hydrogens (tertiary/aromatic N) is 1. The fourth-order valence-corrected chi connectivity index (χ4v) is 2.31. The molecule has 2 aliphatic heterocycles. The standard InChI is InChI=1S/C12H18N2O2/c1-8-9(2)12(16)14(11(8)15)7-10-3-5-13-6-4-10/h10,13H,3-7H2,1-2H3. The van der Waals surface area contributed by atoms with Crippen LogP contribution in [-0.2, 0) is 9.59 Å². The minimum absolute atomic E-state index is 0.0963. The first kappa shape index (κ1) is 11.3. The van der Waals surface area contributed by atoms with E-state index in [0.29, 0.717) is 23.6 Å². The van der Waals surface area contributed by atoms with Gasteiger partial charge >= 0.3 is 0 Å². The molecule has 0 aromatic rings. The number of carbonyl (C=O) groups is 2. The van der Waals surface area contributed by atoms with Crippen molar-refractivity contribution in [2.24, 2.45) is 5.92 Å². The van der Waals surface area contributed by atoms with Crippen LogP contribution in [0.4, 0.5) is 0 Å². The average molecular weight is 222 g/mol. The molecule has 0 aliphatic carbocycles. The van der Waals surface area contributed by atoms with Crippen molar-refractivity contribution in [3.05, 3.63) is 11.1 Å². The lowest BCUT2D eigenvalue weighted by atomic mass is 9.97. The normalized spacial score (nSPS) is 23.5. The van der Waals surface area contributed by atoms with E-state index in [2.05, 4.69) is 5.32 Å². The lowest BCUT2D eigenvalue weighted by Gasteiger charge is -2.26. The third kappa shape index (κ3) is 1.89. The van der Waals surface area contributed by atoms with Gasteiger partial charge in [0, 0.05) is 17.7 Å². The third-order valence-electron chi connectivity index (χ3n) is 3.59. The van der Waals surface area contributed by atoms with Crippen LogP contribution in [0.15, 0.2) is 11.1 Å². The second kappa shape index (κ2) is 4.37. The lowest BCUT2D eigenvalue weighted by Crippen LogP contribution is -2.39. The highest BCUT2D eigenvalue weighted by Crippen LogP contribution is 2.23. The Morgan fingerprint density at radius 2 is 1.62 bits per heavy atom. The van der Waals surface area contributed by atoms with E-state index in [1.165, 1.54) is 4.90 Å². The highest BCUT2D eigenvalue weighted by Gasteiger charge is 2.34. The minimum Gasteiger partial charge on any atom is -0.317 e. The van der Waals surface area contributed by atoms with Gasteiger partial charge in [-0.3, -0.25) is 14.5 Å². The molecule has 2 amide bonds. The van der Waals surface area contributed by atoms with Crippen LogP contribution in [0, 0.1) is 5.92 Å². The molecule has 1 N–H and O–H groups in total. The zero-order valence-corrected chi connectivity index (χ0v) is 9.88. The molecule has 0 radical (unpaired) electrons. The maximum Gasteiger partial charge on any atom is 0.256 e. The molecule has 88 valence electrons. The highest BCUT2D eigenvalue weighted by atomic mass is 16.2. The van der Waals surface area contributed by atoms with E-state index < -0.39 is 0 Å². The van der Waals surface area contributed by atoms with E-state index in [1.807, 2.05) is 0 Å². The number of hydrogen-bond donors (Lipinski definition) is 1. The highest BCUT2D eigenvalue weighted by molar-refractivity contribution is 6.18. The summed E-state index contributed by atoms with van der Waals surface area (Å²) in [5.74, 6) is 0.273. The number of imide groups is 1. The van der Waals surface area contributed by atoms with Gasteiger partial charge in [-0.05, 0) is 45.7 Å². The molecule has 1 saturated heterocycles. The van der Waals surface area contributed by atoms with Gasteiger partial charge < -0.3 is 5.32 Å². The number of carbonyl (C=O) groups excluding carboxylic acids is 2. The molecule has 0 unspecified atom stereocenters. The van der Waals surface area contributed by atoms with Gasteiger partial charge in [-0.2, -0.15) is 0 Å². The fraction of sp³-hybridized carbons (Fsp3) is 0.667. The molecular formula is C12H18N2O2. The predicted molar refractivity (Wildman–Crippen MR) is 60.7 cm³/mol. The molecule has 0 saturated carbocycles. The van der Waals surface area contributed by atoms with Crippen molar-refractivity contribution in [1.82, 2.24) is 10.2 Å². The minimum atomic E-state index is -0.0963.